The average molecular weight is 503 g/mol. The summed E-state index contributed by atoms with van der Waals surface area (Å²) >= 11 is 0. The molecule has 2 fully saturated rings. The number of hydrogen-bond donors (Lipinski definition) is 2. The average Bonchev–Trinajstić information content (AvgIpc) is 3.40. The van der Waals surface area contributed by atoms with Crippen LogP contribution in [0.3, 0.4) is 0 Å². The van der Waals surface area contributed by atoms with Crippen molar-refractivity contribution in [1.82, 2.24) is 9.55 Å². The minimum Gasteiger partial charge on any atom is -0.381 e. The van der Waals surface area contributed by atoms with Crippen molar-refractivity contribution in [3.63, 3.8) is 0 Å². The molecule has 3 heterocycles. The Morgan fingerprint density at radius 1 is 1.14 bits per heavy atom. The molecule has 2 amide bonds. The Balaban J connectivity index is 1.60. The summed E-state index contributed by atoms with van der Waals surface area (Å²) in [5.41, 5.74) is 4.89. The number of carbonyl (C=O) groups excluding carboxylic acids is 2. The fourth-order valence-corrected chi connectivity index (χ4v) is 6.62. The molecular formula is C24H30N4O6S. The van der Waals surface area contributed by atoms with Gasteiger partial charge in [0.25, 0.3) is 5.56 Å². The molecule has 3 N–H and O–H groups in total. The van der Waals surface area contributed by atoms with Gasteiger partial charge in [0, 0.05) is 31.7 Å². The van der Waals surface area contributed by atoms with Gasteiger partial charge in [0.15, 0.2) is 9.84 Å². The van der Waals surface area contributed by atoms with Crippen molar-refractivity contribution >= 4 is 27.5 Å². The van der Waals surface area contributed by atoms with Crippen LogP contribution in [0.2, 0.25) is 0 Å². The molecule has 1 aliphatic carbocycles. The largest absolute Gasteiger partial charge is 0.381 e. The monoisotopic (exact) mass is 502 g/mol. The highest BCUT2D eigenvalue weighted by molar-refractivity contribution is 7.92. The van der Waals surface area contributed by atoms with Gasteiger partial charge in [0.05, 0.1) is 15.7 Å². The Kier molecular flexibility index (Phi) is 7.66. The number of nitrogens with zero attached hydrogens (tertiary/aromatic N) is 2. The van der Waals surface area contributed by atoms with Crippen molar-refractivity contribution in [3.05, 3.63) is 52.6 Å². The number of amides is 2. The Bertz CT molecular complexity index is 1230. The SMILES string of the molecule is NC(=O)c1ccc(NC(=O)C(CC2CCOCC2)n2ccc(S(=O)(=O)C3CCCC3)cc2=O)nc1. The molecule has 11 heteroatoms. The summed E-state index contributed by atoms with van der Waals surface area (Å²) < 4.78 is 32.6. The molecule has 1 saturated heterocycles. The number of nitrogens with one attached hydrogen (secondary N) is 1. The number of hydrogen-bond acceptors (Lipinski definition) is 7. The first kappa shape index (κ1) is 25.1. The number of primary amides is 1. The first-order valence-electron chi connectivity index (χ1n) is 11.9. The first-order valence-corrected chi connectivity index (χ1v) is 13.4. The van der Waals surface area contributed by atoms with Gasteiger partial charge >= 0.3 is 0 Å². The molecule has 4 rings (SSSR count). The molecular weight excluding hydrogens is 472 g/mol. The zero-order valence-corrected chi connectivity index (χ0v) is 20.2. The van der Waals surface area contributed by atoms with Crippen LogP contribution >= 0.6 is 0 Å². The van der Waals surface area contributed by atoms with Crippen LogP contribution < -0.4 is 16.6 Å². The van der Waals surface area contributed by atoms with E-state index in [-0.39, 0.29) is 22.2 Å². The van der Waals surface area contributed by atoms with E-state index >= 15 is 0 Å². The number of aromatic nitrogens is 2. The van der Waals surface area contributed by atoms with Crippen molar-refractivity contribution in [3.8, 4) is 0 Å². The normalized spacial score (nSPS) is 18.3. The van der Waals surface area contributed by atoms with Crippen LogP contribution in [0.4, 0.5) is 5.82 Å². The van der Waals surface area contributed by atoms with E-state index in [2.05, 4.69) is 10.3 Å². The maximum Gasteiger partial charge on any atom is 0.252 e. The summed E-state index contributed by atoms with van der Waals surface area (Å²) in [4.78, 5) is 41.7. The Hall–Kier alpha value is -3.05. The fraction of sp³-hybridized carbons (Fsp3) is 0.500. The van der Waals surface area contributed by atoms with Crippen LogP contribution in [0.1, 0.15) is 61.3 Å². The van der Waals surface area contributed by atoms with Crippen molar-refractivity contribution in [1.29, 1.82) is 0 Å². The van der Waals surface area contributed by atoms with E-state index in [1.807, 2.05) is 0 Å². The van der Waals surface area contributed by atoms with E-state index in [4.69, 9.17) is 10.5 Å². The molecule has 188 valence electrons. The number of carbonyl (C=O) groups is 2. The van der Waals surface area contributed by atoms with E-state index < -0.39 is 38.5 Å². The third-order valence-electron chi connectivity index (χ3n) is 6.82. The fourth-order valence-electron chi connectivity index (χ4n) is 4.76. The summed E-state index contributed by atoms with van der Waals surface area (Å²) in [6.07, 6.45) is 7.51. The van der Waals surface area contributed by atoms with Crippen molar-refractivity contribution < 1.29 is 22.7 Å². The van der Waals surface area contributed by atoms with Gasteiger partial charge in [-0.1, -0.05) is 12.8 Å². The number of ether oxygens (including phenoxy) is 1. The smallest absolute Gasteiger partial charge is 0.252 e. The molecule has 2 aliphatic rings. The lowest BCUT2D eigenvalue weighted by Crippen LogP contribution is -2.35. The standard InChI is InChI=1S/C24H30N4O6S/c25-23(30)17-5-6-21(26-15-17)27-24(31)20(13-16-8-11-34-12-9-16)28-10-7-19(14-22(28)29)35(32,33)18-3-1-2-4-18/h5-7,10,14-16,18,20H,1-4,8-9,11-13H2,(H2,25,30)(H,26,27,31). The lowest BCUT2D eigenvalue weighted by Gasteiger charge is -2.27. The summed E-state index contributed by atoms with van der Waals surface area (Å²) in [7, 11) is -3.59. The third-order valence-corrected chi connectivity index (χ3v) is 9.08. The predicted molar refractivity (Wildman–Crippen MR) is 129 cm³/mol. The van der Waals surface area contributed by atoms with Gasteiger partial charge in [-0.3, -0.25) is 14.4 Å². The topological polar surface area (TPSA) is 150 Å². The molecule has 10 nitrogen and oxygen atoms in total. The highest BCUT2D eigenvalue weighted by Gasteiger charge is 2.32. The summed E-state index contributed by atoms with van der Waals surface area (Å²) in [5, 5.41) is 2.24. The zero-order chi connectivity index (χ0) is 25.0. The van der Waals surface area contributed by atoms with Gasteiger partial charge in [-0.25, -0.2) is 13.4 Å². The first-order chi connectivity index (χ1) is 16.8. The van der Waals surface area contributed by atoms with E-state index in [0.29, 0.717) is 32.5 Å². The molecule has 0 radical (unpaired) electrons. The number of pyridine rings is 2. The van der Waals surface area contributed by atoms with Crippen LogP contribution in [-0.4, -0.2) is 48.2 Å². The molecule has 1 saturated carbocycles. The number of anilines is 1. The Morgan fingerprint density at radius 2 is 1.86 bits per heavy atom. The van der Waals surface area contributed by atoms with E-state index in [1.54, 1.807) is 0 Å². The molecule has 0 aromatic carbocycles. The van der Waals surface area contributed by atoms with Gasteiger partial charge in [0.2, 0.25) is 11.8 Å². The molecule has 2 aromatic heterocycles. The van der Waals surface area contributed by atoms with Gasteiger partial charge in [-0.05, 0) is 56.2 Å². The molecule has 35 heavy (non-hydrogen) atoms. The van der Waals surface area contributed by atoms with Crippen LogP contribution in [0.15, 0.2) is 46.3 Å². The quantitative estimate of drug-likeness (QED) is 0.561. The second-order valence-electron chi connectivity index (χ2n) is 9.15. The minimum absolute atomic E-state index is 0.000387. The Labute approximate surface area is 203 Å². The predicted octanol–water partition coefficient (Wildman–Crippen LogP) is 2.05. The third kappa shape index (κ3) is 5.79. The number of nitrogens with two attached hydrogens (primary N) is 1. The Morgan fingerprint density at radius 3 is 2.46 bits per heavy atom. The van der Waals surface area contributed by atoms with Gasteiger partial charge in [-0.15, -0.1) is 0 Å². The summed E-state index contributed by atoms with van der Waals surface area (Å²) in [5.74, 6) is -0.708. The lowest BCUT2D eigenvalue weighted by molar-refractivity contribution is -0.120. The summed E-state index contributed by atoms with van der Waals surface area (Å²) in [6, 6.07) is 4.58. The minimum atomic E-state index is -3.59. The highest BCUT2D eigenvalue weighted by atomic mass is 32.2. The maximum atomic E-state index is 13.3. The van der Waals surface area contributed by atoms with Crippen LogP contribution in [-0.2, 0) is 19.4 Å². The van der Waals surface area contributed by atoms with Crippen LogP contribution in [0.5, 0.6) is 0 Å². The molecule has 1 atom stereocenters. The van der Waals surface area contributed by atoms with Crippen molar-refractivity contribution in [2.45, 2.75) is 61.1 Å². The van der Waals surface area contributed by atoms with Gasteiger partial charge in [-0.2, -0.15) is 0 Å². The van der Waals surface area contributed by atoms with Gasteiger partial charge < -0.3 is 20.4 Å². The molecule has 1 unspecified atom stereocenters. The summed E-state index contributed by atoms with van der Waals surface area (Å²) in [6.45, 7) is 1.17. The number of rotatable bonds is 8. The molecule has 1 aliphatic heterocycles. The molecule has 0 spiro atoms. The van der Waals surface area contributed by atoms with Crippen LogP contribution in [0.25, 0.3) is 0 Å². The zero-order valence-electron chi connectivity index (χ0n) is 19.4. The molecule has 0 bridgehead atoms. The lowest BCUT2D eigenvalue weighted by atomic mass is 9.92. The highest BCUT2D eigenvalue weighted by Crippen LogP contribution is 2.30. The second-order valence-corrected chi connectivity index (χ2v) is 11.4. The maximum absolute atomic E-state index is 13.3. The second kappa shape index (κ2) is 10.7. The number of sulfone groups is 1. The van der Waals surface area contributed by atoms with E-state index in [1.165, 1.54) is 35.2 Å². The van der Waals surface area contributed by atoms with Crippen molar-refractivity contribution in [2.75, 3.05) is 18.5 Å². The van der Waals surface area contributed by atoms with Crippen molar-refractivity contribution in [2.24, 2.45) is 11.7 Å². The van der Waals surface area contributed by atoms with E-state index in [0.717, 1.165) is 31.7 Å². The van der Waals surface area contributed by atoms with Crippen LogP contribution in [0, 0.1) is 5.92 Å². The van der Waals surface area contributed by atoms with E-state index in [9.17, 15) is 22.8 Å². The van der Waals surface area contributed by atoms with Gasteiger partial charge in [0.1, 0.15) is 11.9 Å². The molecule has 2 aromatic rings.